The Balaban J connectivity index is 1.58. The van der Waals surface area contributed by atoms with Crippen LogP contribution in [0.15, 0.2) is 53.4 Å². The summed E-state index contributed by atoms with van der Waals surface area (Å²) < 4.78 is 23.5. The lowest BCUT2D eigenvalue weighted by atomic mass is 10.1. The molecule has 1 fully saturated rings. The summed E-state index contributed by atoms with van der Waals surface area (Å²) in [6.07, 6.45) is 0.710. The highest BCUT2D eigenvalue weighted by Crippen LogP contribution is 2.23. The first-order valence-electron chi connectivity index (χ1n) is 8.23. The molecule has 3 rings (SSSR count). The second-order valence-corrected chi connectivity index (χ2v) is 9.00. The number of sulfonamides is 1. The summed E-state index contributed by atoms with van der Waals surface area (Å²) in [4.78, 5) is 26.1. The highest BCUT2D eigenvalue weighted by atomic mass is 127. The number of hydrogen-bond acceptors (Lipinski definition) is 5. The van der Waals surface area contributed by atoms with Gasteiger partial charge in [-0.2, -0.15) is 0 Å². The first kappa shape index (κ1) is 19.9. The van der Waals surface area contributed by atoms with Crippen LogP contribution in [0.3, 0.4) is 0 Å². The molecule has 2 aromatic rings. The van der Waals surface area contributed by atoms with Crippen LogP contribution in [0.25, 0.3) is 0 Å². The molecule has 3 N–H and O–H groups in total. The van der Waals surface area contributed by atoms with E-state index in [-0.39, 0.29) is 23.1 Å². The Bertz CT molecular complexity index is 959. The topological polar surface area (TPSA) is 110 Å². The third-order valence-electron chi connectivity index (χ3n) is 4.29. The van der Waals surface area contributed by atoms with Crippen molar-refractivity contribution in [2.45, 2.75) is 23.8 Å². The number of rotatable bonds is 6. The number of nitrogens with one attached hydrogen (secondary N) is 1. The molecular weight excluding hydrogens is 481 g/mol. The van der Waals surface area contributed by atoms with E-state index in [1.54, 1.807) is 24.3 Å². The number of amides is 2. The maximum Gasteiger partial charge on any atom is 0.251 e. The molecule has 1 aliphatic heterocycles. The standard InChI is InChI=1S/C18H18IN3O4S/c19-13-3-5-14(6-4-13)22-17(23)11-16(18(22)24)21-10-9-12-1-7-15(8-2-12)27(20,25)26/h1-8,16,21H,9-11H2,(H2,20,25,26)/t16-/m0/s1. The first-order chi connectivity index (χ1) is 12.8. The van der Waals surface area contributed by atoms with E-state index in [9.17, 15) is 18.0 Å². The van der Waals surface area contributed by atoms with Crippen LogP contribution < -0.4 is 15.4 Å². The monoisotopic (exact) mass is 499 g/mol. The number of benzene rings is 2. The van der Waals surface area contributed by atoms with Gasteiger partial charge in [-0.1, -0.05) is 12.1 Å². The molecule has 1 saturated heterocycles. The maximum absolute atomic E-state index is 12.6. The molecule has 1 atom stereocenters. The molecule has 0 bridgehead atoms. The zero-order chi connectivity index (χ0) is 19.6. The Hall–Kier alpha value is -1.82. The summed E-state index contributed by atoms with van der Waals surface area (Å²) in [5.41, 5.74) is 1.48. The van der Waals surface area contributed by atoms with Gasteiger partial charge in [-0.3, -0.25) is 9.59 Å². The van der Waals surface area contributed by atoms with Crippen LogP contribution in [0.4, 0.5) is 5.69 Å². The van der Waals surface area contributed by atoms with E-state index in [1.165, 1.54) is 17.0 Å². The van der Waals surface area contributed by atoms with Gasteiger partial charge in [-0.05, 0) is 77.5 Å². The van der Waals surface area contributed by atoms with E-state index in [0.29, 0.717) is 18.7 Å². The summed E-state index contributed by atoms with van der Waals surface area (Å²) in [5, 5.41) is 8.18. The molecule has 0 aromatic heterocycles. The van der Waals surface area contributed by atoms with Gasteiger partial charge >= 0.3 is 0 Å². The second kappa shape index (κ2) is 8.05. The third-order valence-corrected chi connectivity index (χ3v) is 5.94. The molecule has 7 nitrogen and oxygen atoms in total. The third kappa shape index (κ3) is 4.72. The minimum absolute atomic E-state index is 0.0592. The zero-order valence-electron chi connectivity index (χ0n) is 14.3. The Labute approximate surface area is 171 Å². The van der Waals surface area contributed by atoms with Crippen LogP contribution in [-0.2, 0) is 26.0 Å². The van der Waals surface area contributed by atoms with Crippen molar-refractivity contribution in [3.05, 3.63) is 57.7 Å². The lowest BCUT2D eigenvalue weighted by molar-refractivity contribution is -0.121. The fraction of sp³-hybridized carbons (Fsp3) is 0.222. The number of nitrogens with two attached hydrogens (primary N) is 1. The predicted molar refractivity (Wildman–Crippen MR) is 110 cm³/mol. The van der Waals surface area contributed by atoms with Crippen molar-refractivity contribution in [3.8, 4) is 0 Å². The molecule has 1 heterocycles. The van der Waals surface area contributed by atoms with Gasteiger partial charge in [-0.15, -0.1) is 0 Å². The van der Waals surface area contributed by atoms with Gasteiger partial charge in [0.15, 0.2) is 0 Å². The van der Waals surface area contributed by atoms with Gasteiger partial charge in [0, 0.05) is 3.57 Å². The van der Waals surface area contributed by atoms with E-state index in [0.717, 1.165) is 9.13 Å². The molecule has 142 valence electrons. The van der Waals surface area contributed by atoms with E-state index >= 15 is 0 Å². The Kier molecular flexibility index (Phi) is 5.94. The van der Waals surface area contributed by atoms with E-state index < -0.39 is 16.1 Å². The first-order valence-corrected chi connectivity index (χ1v) is 10.9. The molecule has 0 radical (unpaired) electrons. The number of hydrogen-bond donors (Lipinski definition) is 2. The molecule has 1 aliphatic rings. The minimum atomic E-state index is -3.71. The SMILES string of the molecule is NS(=O)(=O)c1ccc(CCN[C@H]2CC(=O)N(c3ccc(I)cc3)C2=O)cc1. The summed E-state index contributed by atoms with van der Waals surface area (Å²) in [7, 11) is -3.71. The molecule has 0 spiro atoms. The van der Waals surface area contributed by atoms with Crippen molar-refractivity contribution in [3.63, 3.8) is 0 Å². The number of anilines is 1. The molecule has 27 heavy (non-hydrogen) atoms. The Morgan fingerprint density at radius 3 is 2.30 bits per heavy atom. The van der Waals surface area contributed by atoms with Crippen LogP contribution >= 0.6 is 22.6 Å². The van der Waals surface area contributed by atoms with Gasteiger partial charge < -0.3 is 5.32 Å². The van der Waals surface area contributed by atoms with Crippen LogP contribution in [0, 0.1) is 3.57 Å². The van der Waals surface area contributed by atoms with Crippen molar-refractivity contribution in [2.24, 2.45) is 5.14 Å². The minimum Gasteiger partial charge on any atom is -0.305 e. The molecule has 2 amide bonds. The zero-order valence-corrected chi connectivity index (χ0v) is 17.2. The normalized spacial score (nSPS) is 17.6. The van der Waals surface area contributed by atoms with Crippen LogP contribution in [0.1, 0.15) is 12.0 Å². The molecular formula is C18H18IN3O4S. The molecule has 0 saturated carbocycles. The van der Waals surface area contributed by atoms with Crippen molar-refractivity contribution in [1.29, 1.82) is 0 Å². The number of imide groups is 1. The number of carbonyl (C=O) groups is 2. The number of halogens is 1. The largest absolute Gasteiger partial charge is 0.305 e. The van der Waals surface area contributed by atoms with Gasteiger partial charge in [0.25, 0.3) is 5.91 Å². The van der Waals surface area contributed by atoms with Crippen LogP contribution in [0.2, 0.25) is 0 Å². The summed E-state index contributed by atoms with van der Waals surface area (Å²) >= 11 is 2.16. The Morgan fingerprint density at radius 2 is 1.70 bits per heavy atom. The number of nitrogens with zero attached hydrogens (tertiary/aromatic N) is 1. The van der Waals surface area contributed by atoms with E-state index in [1.807, 2.05) is 12.1 Å². The van der Waals surface area contributed by atoms with Gasteiger partial charge in [-0.25, -0.2) is 18.5 Å². The maximum atomic E-state index is 12.6. The summed E-state index contributed by atoms with van der Waals surface area (Å²) in [6, 6.07) is 12.9. The predicted octanol–water partition coefficient (Wildman–Crippen LogP) is 1.40. The second-order valence-electron chi connectivity index (χ2n) is 6.19. The molecule has 9 heteroatoms. The van der Waals surface area contributed by atoms with Crippen LogP contribution in [-0.4, -0.2) is 32.8 Å². The Morgan fingerprint density at radius 1 is 1.07 bits per heavy atom. The molecule has 0 aliphatic carbocycles. The lowest BCUT2D eigenvalue weighted by Gasteiger charge is -2.15. The number of carbonyl (C=O) groups excluding carboxylic acids is 2. The van der Waals surface area contributed by atoms with Gasteiger partial charge in [0.1, 0.15) is 0 Å². The van der Waals surface area contributed by atoms with E-state index in [4.69, 9.17) is 5.14 Å². The summed E-state index contributed by atoms with van der Waals surface area (Å²) in [6.45, 7) is 0.485. The smallest absolute Gasteiger partial charge is 0.251 e. The van der Waals surface area contributed by atoms with Crippen molar-refractivity contribution < 1.29 is 18.0 Å². The fourth-order valence-corrected chi connectivity index (χ4v) is 3.76. The van der Waals surface area contributed by atoms with Crippen molar-refractivity contribution in [1.82, 2.24) is 5.32 Å². The van der Waals surface area contributed by atoms with Crippen molar-refractivity contribution in [2.75, 3.05) is 11.4 Å². The number of primary sulfonamides is 1. The molecule has 2 aromatic carbocycles. The average Bonchev–Trinajstić information content (AvgIpc) is 2.89. The highest BCUT2D eigenvalue weighted by Gasteiger charge is 2.39. The van der Waals surface area contributed by atoms with Crippen LogP contribution in [0.5, 0.6) is 0 Å². The highest BCUT2D eigenvalue weighted by molar-refractivity contribution is 14.1. The fourth-order valence-electron chi connectivity index (χ4n) is 2.89. The summed E-state index contributed by atoms with van der Waals surface area (Å²) in [5.74, 6) is -0.484. The average molecular weight is 499 g/mol. The van der Waals surface area contributed by atoms with Gasteiger partial charge in [0.05, 0.1) is 23.0 Å². The lowest BCUT2D eigenvalue weighted by Crippen LogP contribution is -2.39. The van der Waals surface area contributed by atoms with Gasteiger partial charge in [0.2, 0.25) is 15.9 Å². The molecule has 0 unspecified atom stereocenters. The quantitative estimate of drug-likeness (QED) is 0.462. The van der Waals surface area contributed by atoms with Crippen molar-refractivity contribution >= 4 is 50.1 Å². The van der Waals surface area contributed by atoms with E-state index in [2.05, 4.69) is 27.9 Å².